The molecular weight excluding hydrogens is 400 g/mol. The van der Waals surface area contributed by atoms with Crippen molar-refractivity contribution < 1.29 is 14.0 Å². The summed E-state index contributed by atoms with van der Waals surface area (Å²) in [6, 6.07) is 15.2. The molecule has 0 saturated heterocycles. The molecule has 1 amide bonds. The molecule has 6 heteroatoms. The zero-order chi connectivity index (χ0) is 20.1. The van der Waals surface area contributed by atoms with E-state index in [1.807, 2.05) is 50.5 Å². The number of nitrogens with zero attached hydrogens (tertiary/aromatic N) is 2. The number of rotatable bonds is 3. The molecule has 1 aromatic heterocycles. The Morgan fingerprint density at radius 1 is 1.03 bits per heavy atom. The predicted octanol–water partition coefficient (Wildman–Crippen LogP) is 4.17. The highest BCUT2D eigenvalue weighted by Crippen LogP contribution is 2.37. The number of carbonyl (C=O) groups is 2. The van der Waals surface area contributed by atoms with Crippen LogP contribution in [0.3, 0.4) is 0 Å². The maximum atomic E-state index is 13.1. The summed E-state index contributed by atoms with van der Waals surface area (Å²) in [6.45, 7) is 1.86. The second-order valence-corrected chi connectivity index (χ2v) is 8.01. The first kappa shape index (κ1) is 20.4. The minimum absolute atomic E-state index is 0. The summed E-state index contributed by atoms with van der Waals surface area (Å²) in [5.41, 5.74) is 4.90. The lowest BCUT2D eigenvalue weighted by Crippen LogP contribution is -2.35. The molecule has 0 fully saturated rings. The van der Waals surface area contributed by atoms with Gasteiger partial charge in [0, 0.05) is 23.2 Å². The van der Waals surface area contributed by atoms with E-state index in [1.54, 1.807) is 11.0 Å². The van der Waals surface area contributed by atoms with E-state index in [0.29, 0.717) is 29.8 Å². The van der Waals surface area contributed by atoms with E-state index >= 15 is 0 Å². The molecule has 0 spiro atoms. The summed E-state index contributed by atoms with van der Waals surface area (Å²) in [4.78, 5) is 29.8. The summed E-state index contributed by atoms with van der Waals surface area (Å²) < 4.78 is 5.98. The van der Waals surface area contributed by atoms with Gasteiger partial charge in [0.15, 0.2) is 5.78 Å². The molecule has 5 nitrogen and oxygen atoms in total. The van der Waals surface area contributed by atoms with Crippen LogP contribution in [0, 0.1) is 0 Å². The molecule has 0 bridgehead atoms. The maximum Gasteiger partial charge on any atom is 0.254 e. The molecule has 0 saturated carbocycles. The molecule has 0 unspecified atom stereocenters. The molecule has 2 aliphatic rings. The fourth-order valence-corrected chi connectivity index (χ4v) is 4.29. The minimum atomic E-state index is -0.0623. The number of carbonyl (C=O) groups excluding carboxylic acids is 2. The molecule has 5 rings (SSSR count). The second kappa shape index (κ2) is 7.74. The van der Waals surface area contributed by atoms with Crippen LogP contribution in [-0.2, 0) is 19.5 Å². The van der Waals surface area contributed by atoms with Crippen LogP contribution in [0.5, 0.6) is 0 Å². The Labute approximate surface area is 181 Å². The number of halogens is 1. The second-order valence-electron chi connectivity index (χ2n) is 8.01. The van der Waals surface area contributed by atoms with Crippen molar-refractivity contribution in [2.24, 2.45) is 0 Å². The topological polar surface area (TPSA) is 53.8 Å². The summed E-state index contributed by atoms with van der Waals surface area (Å²) in [5.74, 6) is 1.72. The Bertz CT molecular complexity index is 1150. The Morgan fingerprint density at radius 3 is 2.53 bits per heavy atom. The van der Waals surface area contributed by atoms with Gasteiger partial charge in [0.05, 0.1) is 13.1 Å². The van der Waals surface area contributed by atoms with Gasteiger partial charge in [-0.05, 0) is 55.4 Å². The fraction of sp³-hybridized carbons (Fsp3) is 0.250. The van der Waals surface area contributed by atoms with Gasteiger partial charge in [0.25, 0.3) is 5.91 Å². The van der Waals surface area contributed by atoms with Gasteiger partial charge in [0.2, 0.25) is 0 Å². The molecule has 30 heavy (non-hydrogen) atoms. The highest BCUT2D eigenvalue weighted by atomic mass is 35.5. The van der Waals surface area contributed by atoms with Gasteiger partial charge >= 0.3 is 0 Å². The van der Waals surface area contributed by atoms with Crippen molar-refractivity contribution in [1.29, 1.82) is 0 Å². The number of ketones is 1. The lowest BCUT2D eigenvalue weighted by atomic mass is 10.0. The maximum absolute atomic E-state index is 13.1. The van der Waals surface area contributed by atoms with E-state index in [1.165, 1.54) is 5.56 Å². The molecule has 1 aliphatic carbocycles. The number of hydrogen-bond acceptors (Lipinski definition) is 4. The van der Waals surface area contributed by atoms with Crippen LogP contribution in [0.25, 0.3) is 11.1 Å². The molecule has 0 radical (unpaired) electrons. The average Bonchev–Trinajstić information content (AvgIpc) is 3.24. The van der Waals surface area contributed by atoms with Gasteiger partial charge in [-0.2, -0.15) is 0 Å². The van der Waals surface area contributed by atoms with Crippen LogP contribution in [0.1, 0.15) is 43.4 Å². The van der Waals surface area contributed by atoms with Gasteiger partial charge in [-0.15, -0.1) is 12.4 Å². The molecule has 2 aromatic carbocycles. The van der Waals surface area contributed by atoms with Crippen LogP contribution in [0.15, 0.2) is 52.9 Å². The van der Waals surface area contributed by atoms with Gasteiger partial charge in [0.1, 0.15) is 11.5 Å². The van der Waals surface area contributed by atoms with E-state index in [4.69, 9.17) is 4.42 Å². The lowest BCUT2D eigenvalue weighted by molar-refractivity contribution is 0.0718. The Hall–Kier alpha value is -2.89. The monoisotopic (exact) mass is 422 g/mol. The van der Waals surface area contributed by atoms with Crippen molar-refractivity contribution in [3.05, 3.63) is 82.3 Å². The lowest BCUT2D eigenvalue weighted by Gasteiger charge is -2.26. The Morgan fingerprint density at radius 2 is 1.77 bits per heavy atom. The summed E-state index contributed by atoms with van der Waals surface area (Å²) in [6.07, 6.45) is 0.785. The van der Waals surface area contributed by atoms with E-state index in [-0.39, 0.29) is 24.1 Å². The first-order valence-corrected chi connectivity index (χ1v) is 9.84. The number of furan rings is 1. The minimum Gasteiger partial charge on any atom is -0.463 e. The van der Waals surface area contributed by atoms with Gasteiger partial charge in [-0.3, -0.25) is 9.59 Å². The Balaban J connectivity index is 0.00000218. The highest BCUT2D eigenvalue weighted by Gasteiger charge is 2.29. The van der Waals surface area contributed by atoms with Crippen LogP contribution in [0.2, 0.25) is 0 Å². The quantitative estimate of drug-likeness (QED) is 0.497. The average molecular weight is 423 g/mol. The molecule has 1 aliphatic heterocycles. The first-order valence-electron chi connectivity index (χ1n) is 9.84. The van der Waals surface area contributed by atoms with Gasteiger partial charge < -0.3 is 14.2 Å². The van der Waals surface area contributed by atoms with Crippen molar-refractivity contribution in [1.82, 2.24) is 9.80 Å². The van der Waals surface area contributed by atoms with Crippen LogP contribution < -0.4 is 0 Å². The SMILES string of the molecule is CN(C)Cc1cc2c(o1)CN(C(=O)c1ccc3c(c1)C(=O)c1ccccc1-3)CC2.Cl. The third-order valence-corrected chi connectivity index (χ3v) is 5.67. The third kappa shape index (κ3) is 3.34. The molecule has 0 atom stereocenters. The highest BCUT2D eigenvalue weighted by molar-refractivity contribution is 6.22. The summed E-state index contributed by atoms with van der Waals surface area (Å²) in [5, 5.41) is 0. The molecular formula is C24H23ClN2O3. The zero-order valence-corrected chi connectivity index (χ0v) is 17.8. The molecule has 0 N–H and O–H groups in total. The van der Waals surface area contributed by atoms with Crippen molar-refractivity contribution >= 4 is 24.1 Å². The van der Waals surface area contributed by atoms with Gasteiger partial charge in [-0.1, -0.05) is 30.3 Å². The smallest absolute Gasteiger partial charge is 0.254 e. The van der Waals surface area contributed by atoms with Crippen molar-refractivity contribution in [3.63, 3.8) is 0 Å². The normalized spacial score (nSPS) is 14.2. The molecule has 2 heterocycles. The van der Waals surface area contributed by atoms with E-state index < -0.39 is 0 Å². The fourth-order valence-electron chi connectivity index (χ4n) is 4.29. The third-order valence-electron chi connectivity index (χ3n) is 5.67. The molecule has 154 valence electrons. The summed E-state index contributed by atoms with van der Waals surface area (Å²) >= 11 is 0. The van der Waals surface area contributed by atoms with E-state index in [9.17, 15) is 9.59 Å². The van der Waals surface area contributed by atoms with E-state index in [0.717, 1.165) is 35.6 Å². The Kier molecular flexibility index (Phi) is 5.26. The van der Waals surface area contributed by atoms with Crippen LogP contribution in [0.4, 0.5) is 0 Å². The van der Waals surface area contributed by atoms with Crippen molar-refractivity contribution in [2.75, 3.05) is 20.6 Å². The first-order chi connectivity index (χ1) is 14.0. The van der Waals surface area contributed by atoms with Crippen molar-refractivity contribution in [2.45, 2.75) is 19.5 Å². The van der Waals surface area contributed by atoms with Crippen LogP contribution >= 0.6 is 12.4 Å². The predicted molar refractivity (Wildman–Crippen MR) is 117 cm³/mol. The van der Waals surface area contributed by atoms with Gasteiger partial charge in [-0.25, -0.2) is 0 Å². The number of hydrogen-bond donors (Lipinski definition) is 0. The number of fused-ring (bicyclic) bond motifs is 4. The van der Waals surface area contributed by atoms with Crippen molar-refractivity contribution in [3.8, 4) is 11.1 Å². The standard InChI is InChI=1S/C24H22N2O3.ClH/c1-25(2)13-17-11-15-9-10-26(14-22(15)29-17)24(28)16-7-8-19-18-5-3-4-6-20(18)23(27)21(19)12-16;/h3-8,11-12H,9-10,13-14H2,1-2H3;1H. The number of amides is 1. The summed E-state index contributed by atoms with van der Waals surface area (Å²) in [7, 11) is 4.01. The van der Waals surface area contributed by atoms with Crippen LogP contribution in [-0.4, -0.2) is 42.1 Å². The largest absolute Gasteiger partial charge is 0.463 e. The molecule has 3 aromatic rings. The number of benzene rings is 2. The zero-order valence-electron chi connectivity index (χ0n) is 17.0. The van der Waals surface area contributed by atoms with E-state index in [2.05, 4.69) is 11.0 Å².